The molecule has 0 aliphatic carbocycles. The average molecular weight is 400 g/mol. The van der Waals surface area contributed by atoms with E-state index in [1.807, 2.05) is 53.2 Å². The first-order valence-corrected chi connectivity index (χ1v) is 9.38. The molecule has 0 saturated carbocycles. The number of ether oxygens (including phenoxy) is 2. The first kappa shape index (κ1) is 19.3. The predicted molar refractivity (Wildman–Crippen MR) is 113 cm³/mol. The molecule has 6 nitrogen and oxygen atoms in total. The van der Waals surface area contributed by atoms with Crippen LogP contribution in [0.2, 0.25) is 0 Å². The average Bonchev–Trinajstić information content (AvgIpc) is 3.49. The van der Waals surface area contributed by atoms with Crippen LogP contribution in [0.5, 0.6) is 11.5 Å². The van der Waals surface area contributed by atoms with E-state index in [1.54, 1.807) is 43.9 Å². The molecule has 150 valence electrons. The fourth-order valence-corrected chi connectivity index (χ4v) is 2.91. The van der Waals surface area contributed by atoms with Gasteiger partial charge in [0.2, 0.25) is 0 Å². The topological polar surface area (TPSA) is 66.5 Å². The molecule has 4 rings (SSSR count). The van der Waals surface area contributed by atoms with Crippen LogP contribution in [0.3, 0.4) is 0 Å². The first-order chi connectivity index (χ1) is 14.7. The van der Waals surface area contributed by atoms with Crippen molar-refractivity contribution in [2.45, 2.75) is 6.61 Å². The number of aromatic nitrogens is 2. The zero-order valence-corrected chi connectivity index (χ0v) is 16.4. The van der Waals surface area contributed by atoms with Crippen molar-refractivity contribution < 1.29 is 18.7 Å². The summed E-state index contributed by atoms with van der Waals surface area (Å²) in [6, 6.07) is 18.4. The van der Waals surface area contributed by atoms with Crippen molar-refractivity contribution >= 4 is 11.9 Å². The van der Waals surface area contributed by atoms with Crippen LogP contribution in [-0.2, 0) is 6.61 Å². The number of ketones is 1. The van der Waals surface area contributed by atoms with Crippen molar-refractivity contribution in [2.24, 2.45) is 0 Å². The summed E-state index contributed by atoms with van der Waals surface area (Å²) in [6.45, 7) is 0.262. The van der Waals surface area contributed by atoms with Crippen LogP contribution in [0.4, 0.5) is 0 Å². The van der Waals surface area contributed by atoms with Crippen LogP contribution in [0.15, 0.2) is 89.9 Å². The van der Waals surface area contributed by atoms with E-state index in [4.69, 9.17) is 13.9 Å². The molecule has 0 amide bonds. The highest BCUT2D eigenvalue weighted by Gasteiger charge is 2.07. The minimum atomic E-state index is -0.101. The van der Waals surface area contributed by atoms with Gasteiger partial charge in [0.1, 0.15) is 18.1 Å². The summed E-state index contributed by atoms with van der Waals surface area (Å²) in [4.78, 5) is 16.4. The third-order valence-electron chi connectivity index (χ3n) is 4.47. The number of hydrogen-bond donors (Lipinski definition) is 0. The van der Waals surface area contributed by atoms with Gasteiger partial charge in [-0.2, -0.15) is 0 Å². The van der Waals surface area contributed by atoms with Gasteiger partial charge in [-0.05, 0) is 60.7 Å². The van der Waals surface area contributed by atoms with E-state index in [1.165, 1.54) is 6.08 Å². The van der Waals surface area contributed by atoms with E-state index in [9.17, 15) is 4.79 Å². The lowest BCUT2D eigenvalue weighted by atomic mass is 10.1. The molecule has 2 aromatic heterocycles. The van der Waals surface area contributed by atoms with Crippen molar-refractivity contribution in [3.05, 3.63) is 103 Å². The Balaban J connectivity index is 1.36. The van der Waals surface area contributed by atoms with E-state index in [-0.39, 0.29) is 12.4 Å². The molecule has 4 aromatic rings. The summed E-state index contributed by atoms with van der Waals surface area (Å²) in [6.07, 6.45) is 8.42. The van der Waals surface area contributed by atoms with Gasteiger partial charge in [0.15, 0.2) is 17.3 Å². The molecule has 0 radical (unpaired) electrons. The molecule has 30 heavy (non-hydrogen) atoms. The largest absolute Gasteiger partial charge is 0.493 e. The molecule has 0 bridgehead atoms. The van der Waals surface area contributed by atoms with Gasteiger partial charge in [-0.3, -0.25) is 4.79 Å². The van der Waals surface area contributed by atoms with Gasteiger partial charge in [0, 0.05) is 23.6 Å². The van der Waals surface area contributed by atoms with E-state index in [0.717, 1.165) is 5.69 Å². The van der Waals surface area contributed by atoms with Gasteiger partial charge in [-0.25, -0.2) is 4.98 Å². The van der Waals surface area contributed by atoms with Crippen molar-refractivity contribution in [1.82, 2.24) is 9.55 Å². The van der Waals surface area contributed by atoms with Crippen molar-refractivity contribution in [2.75, 3.05) is 7.11 Å². The molecular formula is C24H20N2O4. The van der Waals surface area contributed by atoms with Crippen molar-refractivity contribution in [3.63, 3.8) is 0 Å². The molecule has 6 heteroatoms. The second-order valence-corrected chi connectivity index (χ2v) is 6.46. The molecule has 0 saturated heterocycles. The summed E-state index contributed by atoms with van der Waals surface area (Å²) in [5.41, 5.74) is 1.54. The quantitative estimate of drug-likeness (QED) is 0.309. The Morgan fingerprint density at radius 3 is 2.60 bits per heavy atom. The van der Waals surface area contributed by atoms with Crippen LogP contribution < -0.4 is 9.47 Å². The van der Waals surface area contributed by atoms with Gasteiger partial charge >= 0.3 is 0 Å². The third kappa shape index (κ3) is 4.50. The maximum Gasteiger partial charge on any atom is 0.185 e. The molecule has 0 aliphatic heterocycles. The Bertz CT molecular complexity index is 1140. The monoisotopic (exact) mass is 400 g/mol. The third-order valence-corrected chi connectivity index (χ3v) is 4.47. The normalized spacial score (nSPS) is 11.0. The standard InChI is InChI=1S/C24H20N2O4/c1-28-23-4-2-3-5-24(23)29-16-21-11-10-20(30-21)12-13-22(27)18-6-8-19(9-7-18)26-15-14-25-17-26/h2-15,17H,16H2,1H3/b13-12+. The summed E-state index contributed by atoms with van der Waals surface area (Å²) in [5.74, 6) is 2.43. The maximum absolute atomic E-state index is 12.4. The molecular weight excluding hydrogens is 380 g/mol. The van der Waals surface area contributed by atoms with Gasteiger partial charge in [0.05, 0.1) is 13.4 Å². The van der Waals surface area contributed by atoms with Crippen molar-refractivity contribution in [1.29, 1.82) is 0 Å². The van der Waals surface area contributed by atoms with Gasteiger partial charge < -0.3 is 18.5 Å². The molecule has 0 atom stereocenters. The van der Waals surface area contributed by atoms with Crippen LogP contribution >= 0.6 is 0 Å². The highest BCUT2D eigenvalue weighted by atomic mass is 16.5. The number of hydrogen-bond acceptors (Lipinski definition) is 5. The number of para-hydroxylation sites is 2. The lowest BCUT2D eigenvalue weighted by Crippen LogP contribution is -1.96. The smallest absolute Gasteiger partial charge is 0.185 e. The Kier molecular flexibility index (Phi) is 5.75. The highest BCUT2D eigenvalue weighted by molar-refractivity contribution is 6.06. The zero-order chi connectivity index (χ0) is 20.8. The number of furan rings is 1. The lowest BCUT2D eigenvalue weighted by molar-refractivity contribution is 0.104. The summed E-state index contributed by atoms with van der Waals surface area (Å²) in [5, 5.41) is 0. The molecule has 0 N–H and O–H groups in total. The van der Waals surface area contributed by atoms with Crippen molar-refractivity contribution in [3.8, 4) is 17.2 Å². The van der Waals surface area contributed by atoms with Crippen LogP contribution in [0.1, 0.15) is 21.9 Å². The van der Waals surface area contributed by atoms with Crippen LogP contribution in [0, 0.1) is 0 Å². The van der Waals surface area contributed by atoms with Gasteiger partial charge in [-0.1, -0.05) is 12.1 Å². The predicted octanol–water partition coefficient (Wildman–Crippen LogP) is 4.95. The van der Waals surface area contributed by atoms with E-state index in [0.29, 0.717) is 28.6 Å². The Morgan fingerprint density at radius 2 is 1.87 bits per heavy atom. The number of carbonyl (C=O) groups is 1. The summed E-state index contributed by atoms with van der Waals surface area (Å²) >= 11 is 0. The summed E-state index contributed by atoms with van der Waals surface area (Å²) < 4.78 is 18.6. The second-order valence-electron chi connectivity index (χ2n) is 6.46. The van der Waals surface area contributed by atoms with Crippen LogP contribution in [-0.4, -0.2) is 22.4 Å². The number of methoxy groups -OCH3 is 1. The Labute approximate surface area is 174 Å². The molecule has 2 aromatic carbocycles. The van der Waals surface area contributed by atoms with E-state index in [2.05, 4.69) is 4.98 Å². The Morgan fingerprint density at radius 1 is 1.07 bits per heavy atom. The minimum Gasteiger partial charge on any atom is -0.493 e. The van der Waals surface area contributed by atoms with Gasteiger partial charge in [0.25, 0.3) is 0 Å². The maximum atomic E-state index is 12.4. The number of carbonyl (C=O) groups excluding carboxylic acids is 1. The van der Waals surface area contributed by atoms with Crippen LogP contribution in [0.25, 0.3) is 11.8 Å². The fourth-order valence-electron chi connectivity index (χ4n) is 2.91. The summed E-state index contributed by atoms with van der Waals surface area (Å²) in [7, 11) is 1.60. The number of nitrogens with zero attached hydrogens (tertiary/aromatic N) is 2. The number of allylic oxidation sites excluding steroid dienone is 1. The molecule has 0 spiro atoms. The number of benzene rings is 2. The number of imidazole rings is 1. The molecule has 0 fully saturated rings. The SMILES string of the molecule is COc1ccccc1OCc1ccc(/C=C/C(=O)c2ccc(-n3ccnc3)cc2)o1. The second kappa shape index (κ2) is 8.96. The minimum absolute atomic E-state index is 0.101. The van der Waals surface area contributed by atoms with E-state index >= 15 is 0 Å². The highest BCUT2D eigenvalue weighted by Crippen LogP contribution is 2.27. The number of rotatable bonds is 8. The Hall–Kier alpha value is -4.06. The zero-order valence-electron chi connectivity index (χ0n) is 16.4. The van der Waals surface area contributed by atoms with Gasteiger partial charge in [-0.15, -0.1) is 0 Å². The molecule has 2 heterocycles. The molecule has 0 unspecified atom stereocenters. The van der Waals surface area contributed by atoms with E-state index < -0.39 is 0 Å². The lowest BCUT2D eigenvalue weighted by Gasteiger charge is -2.08. The molecule has 0 aliphatic rings. The first-order valence-electron chi connectivity index (χ1n) is 9.38. The fraction of sp³-hybridized carbons (Fsp3) is 0.0833.